The zero-order valence-corrected chi connectivity index (χ0v) is 11.1. The maximum atomic E-state index is 11.9. The summed E-state index contributed by atoms with van der Waals surface area (Å²) in [6.07, 6.45) is 2.76. The van der Waals surface area contributed by atoms with Crippen LogP contribution in [0.15, 0.2) is 28.3 Å². The molecule has 0 radical (unpaired) electrons. The van der Waals surface area contributed by atoms with Crippen molar-refractivity contribution in [3.05, 3.63) is 44.0 Å². The number of halogens is 1. The fraction of sp³-hybridized carbons (Fsp3) is 0. The van der Waals surface area contributed by atoms with Crippen LogP contribution in [-0.2, 0) is 0 Å². The van der Waals surface area contributed by atoms with Crippen molar-refractivity contribution in [1.82, 2.24) is 9.97 Å². The highest BCUT2D eigenvalue weighted by molar-refractivity contribution is 9.10. The van der Waals surface area contributed by atoms with Crippen molar-refractivity contribution in [1.29, 1.82) is 0 Å². The fourth-order valence-corrected chi connectivity index (χ4v) is 2.07. The number of nitro groups is 1. The van der Waals surface area contributed by atoms with Crippen molar-refractivity contribution in [2.45, 2.75) is 0 Å². The second-order valence-corrected chi connectivity index (χ2v) is 4.82. The molecule has 92 valence electrons. The molecule has 0 aliphatic rings. The lowest BCUT2D eigenvalue weighted by atomic mass is 10.2. The van der Waals surface area contributed by atoms with Gasteiger partial charge in [0.05, 0.1) is 10.0 Å². The van der Waals surface area contributed by atoms with Crippen LogP contribution in [0, 0.1) is 10.1 Å². The lowest BCUT2D eigenvalue weighted by Crippen LogP contribution is -2.13. The van der Waals surface area contributed by atoms with Crippen LogP contribution in [0.2, 0.25) is 0 Å². The van der Waals surface area contributed by atoms with Crippen molar-refractivity contribution >= 4 is 44.1 Å². The minimum atomic E-state index is -0.660. The second-order valence-electron chi connectivity index (χ2n) is 3.07. The smallest absolute Gasteiger partial charge is 0.358 e. The number of nitrogens with zero attached hydrogens (tertiary/aromatic N) is 3. The first-order chi connectivity index (χ1) is 8.58. The number of anilines is 1. The SMILES string of the molecule is O=C(Nc1nccs1)c1cc([N+](=O)[O-])ncc1Br. The number of amides is 1. The molecule has 0 saturated carbocycles. The van der Waals surface area contributed by atoms with E-state index < -0.39 is 10.8 Å². The summed E-state index contributed by atoms with van der Waals surface area (Å²) in [5.41, 5.74) is 0.131. The fourth-order valence-electron chi connectivity index (χ4n) is 1.15. The molecule has 0 aliphatic carbocycles. The second kappa shape index (κ2) is 5.19. The highest BCUT2D eigenvalue weighted by Gasteiger charge is 2.18. The molecular weight excluding hydrogens is 324 g/mol. The van der Waals surface area contributed by atoms with Crippen molar-refractivity contribution < 1.29 is 9.72 Å². The summed E-state index contributed by atoms with van der Waals surface area (Å²) in [5, 5.41) is 15.3. The Bertz CT molecular complexity index is 602. The number of nitrogens with one attached hydrogen (secondary N) is 1. The van der Waals surface area contributed by atoms with Crippen molar-refractivity contribution in [2.75, 3.05) is 5.32 Å². The van der Waals surface area contributed by atoms with Gasteiger partial charge >= 0.3 is 5.82 Å². The Kier molecular flexibility index (Phi) is 3.63. The topological polar surface area (TPSA) is 98.0 Å². The molecule has 0 aliphatic heterocycles. The third kappa shape index (κ3) is 2.68. The van der Waals surface area contributed by atoms with Gasteiger partial charge in [-0.1, -0.05) is 0 Å². The molecule has 0 spiro atoms. The summed E-state index contributed by atoms with van der Waals surface area (Å²) in [6.45, 7) is 0. The number of rotatable bonds is 3. The van der Waals surface area contributed by atoms with E-state index in [0.29, 0.717) is 9.60 Å². The van der Waals surface area contributed by atoms with E-state index in [-0.39, 0.29) is 11.4 Å². The van der Waals surface area contributed by atoms with Crippen LogP contribution < -0.4 is 5.32 Å². The van der Waals surface area contributed by atoms with Crippen LogP contribution in [-0.4, -0.2) is 20.8 Å². The van der Waals surface area contributed by atoms with Crippen LogP contribution >= 0.6 is 27.3 Å². The molecular formula is C9H5BrN4O3S. The van der Waals surface area contributed by atoms with Gasteiger partial charge in [-0.15, -0.1) is 11.3 Å². The molecule has 2 aromatic rings. The first kappa shape index (κ1) is 12.6. The number of hydrogen-bond acceptors (Lipinski definition) is 6. The molecule has 1 amide bonds. The van der Waals surface area contributed by atoms with E-state index in [1.165, 1.54) is 17.5 Å². The van der Waals surface area contributed by atoms with Gasteiger partial charge in [0, 0.05) is 17.6 Å². The number of carbonyl (C=O) groups excluding carboxylic acids is 1. The molecule has 7 nitrogen and oxygen atoms in total. The Labute approximate surface area is 113 Å². The number of carbonyl (C=O) groups is 1. The first-order valence-corrected chi connectivity index (χ1v) is 6.26. The summed E-state index contributed by atoms with van der Waals surface area (Å²) < 4.78 is 0.377. The van der Waals surface area contributed by atoms with Crippen molar-refractivity contribution in [3.8, 4) is 0 Å². The number of pyridine rings is 1. The van der Waals surface area contributed by atoms with E-state index in [1.54, 1.807) is 11.6 Å². The number of hydrogen-bond donors (Lipinski definition) is 1. The molecule has 2 aromatic heterocycles. The van der Waals surface area contributed by atoms with E-state index in [0.717, 1.165) is 6.07 Å². The molecule has 9 heteroatoms. The van der Waals surface area contributed by atoms with Crippen molar-refractivity contribution in [2.24, 2.45) is 0 Å². The maximum Gasteiger partial charge on any atom is 0.364 e. The van der Waals surface area contributed by atoms with E-state index >= 15 is 0 Å². The average molecular weight is 329 g/mol. The van der Waals surface area contributed by atoms with E-state index in [1.807, 2.05) is 0 Å². The first-order valence-electron chi connectivity index (χ1n) is 4.58. The van der Waals surface area contributed by atoms with Gasteiger partial charge < -0.3 is 10.1 Å². The minimum absolute atomic E-state index is 0.131. The summed E-state index contributed by atoms with van der Waals surface area (Å²) >= 11 is 4.38. The molecule has 2 heterocycles. The highest BCUT2D eigenvalue weighted by Crippen LogP contribution is 2.21. The van der Waals surface area contributed by atoms with Gasteiger partial charge in [-0.25, -0.2) is 4.98 Å². The van der Waals surface area contributed by atoms with Crippen LogP contribution in [0.1, 0.15) is 10.4 Å². The molecule has 18 heavy (non-hydrogen) atoms. The zero-order valence-electron chi connectivity index (χ0n) is 8.66. The highest BCUT2D eigenvalue weighted by atomic mass is 79.9. The van der Waals surface area contributed by atoms with Crippen LogP contribution in [0.3, 0.4) is 0 Å². The molecule has 0 saturated heterocycles. The predicted molar refractivity (Wildman–Crippen MR) is 68.7 cm³/mol. The molecule has 0 unspecified atom stereocenters. The molecule has 0 aromatic carbocycles. The van der Waals surface area contributed by atoms with Gasteiger partial charge in [0.15, 0.2) is 11.3 Å². The monoisotopic (exact) mass is 328 g/mol. The summed E-state index contributed by atoms with van der Waals surface area (Å²) in [6, 6.07) is 1.10. The van der Waals surface area contributed by atoms with Gasteiger partial charge in [-0.05, 0) is 25.8 Å². The van der Waals surface area contributed by atoms with Gasteiger partial charge in [0.1, 0.15) is 0 Å². The largest absolute Gasteiger partial charge is 0.364 e. The van der Waals surface area contributed by atoms with Gasteiger partial charge in [0.25, 0.3) is 5.91 Å². The van der Waals surface area contributed by atoms with Gasteiger partial charge in [-0.3, -0.25) is 10.1 Å². The maximum absolute atomic E-state index is 11.9. The summed E-state index contributed by atoms with van der Waals surface area (Å²) in [4.78, 5) is 29.3. The van der Waals surface area contributed by atoms with Gasteiger partial charge in [-0.2, -0.15) is 0 Å². The summed E-state index contributed by atoms with van der Waals surface area (Å²) in [7, 11) is 0. The molecule has 0 atom stereocenters. The lowest BCUT2D eigenvalue weighted by molar-refractivity contribution is -0.389. The average Bonchev–Trinajstić information content (AvgIpc) is 2.81. The molecule has 2 rings (SSSR count). The van der Waals surface area contributed by atoms with E-state index in [9.17, 15) is 14.9 Å². The minimum Gasteiger partial charge on any atom is -0.358 e. The van der Waals surface area contributed by atoms with Crippen LogP contribution in [0.5, 0.6) is 0 Å². The Balaban J connectivity index is 2.29. The predicted octanol–water partition coefficient (Wildman–Crippen LogP) is 2.46. The molecule has 0 fully saturated rings. The third-order valence-corrected chi connectivity index (χ3v) is 3.25. The standard InChI is InChI=1S/C9H5BrN4O3S/c10-6-4-12-7(14(16)17)3-5(6)8(15)13-9-11-1-2-18-9/h1-4H,(H,11,13,15). The Morgan fingerprint density at radius 3 is 2.89 bits per heavy atom. The van der Waals surface area contributed by atoms with Crippen LogP contribution in [0.25, 0.3) is 0 Å². The normalized spacial score (nSPS) is 10.1. The Morgan fingerprint density at radius 2 is 2.28 bits per heavy atom. The van der Waals surface area contributed by atoms with Crippen LogP contribution in [0.4, 0.5) is 10.9 Å². The molecule has 0 bridgehead atoms. The quantitative estimate of drug-likeness (QED) is 0.689. The van der Waals surface area contributed by atoms with E-state index in [4.69, 9.17) is 0 Å². The summed E-state index contributed by atoms with van der Waals surface area (Å²) in [5.74, 6) is -0.871. The lowest BCUT2D eigenvalue weighted by Gasteiger charge is -2.02. The third-order valence-electron chi connectivity index (χ3n) is 1.93. The Morgan fingerprint density at radius 1 is 1.50 bits per heavy atom. The number of thiazole rings is 1. The van der Waals surface area contributed by atoms with Crippen molar-refractivity contribution in [3.63, 3.8) is 0 Å². The van der Waals surface area contributed by atoms with Gasteiger partial charge in [0.2, 0.25) is 0 Å². The van der Waals surface area contributed by atoms with E-state index in [2.05, 4.69) is 31.2 Å². The Hall–Kier alpha value is -1.87. The zero-order chi connectivity index (χ0) is 13.1. The molecule has 1 N–H and O–H groups in total. The number of aromatic nitrogens is 2.